The van der Waals surface area contributed by atoms with Gasteiger partial charge in [0.2, 0.25) is 5.88 Å². The number of methoxy groups -OCH3 is 1. The van der Waals surface area contributed by atoms with Crippen molar-refractivity contribution in [3.05, 3.63) is 96.5 Å². The van der Waals surface area contributed by atoms with Crippen molar-refractivity contribution in [1.29, 1.82) is 0 Å². The van der Waals surface area contributed by atoms with E-state index >= 15 is 0 Å². The molecular weight excluding hydrogens is 442 g/mol. The Morgan fingerprint density at radius 3 is 2.51 bits per heavy atom. The first kappa shape index (κ1) is 22.6. The fraction of sp³-hybridized carbons (Fsp3) is 0.259. The molecule has 0 unspecified atom stereocenters. The lowest BCUT2D eigenvalue weighted by Crippen LogP contribution is -2.38. The highest BCUT2D eigenvalue weighted by Crippen LogP contribution is 2.29. The Bertz CT molecular complexity index is 1270. The number of imidazole rings is 1. The first-order chi connectivity index (χ1) is 17.2. The molecule has 1 aliphatic heterocycles. The molecule has 1 amide bonds. The second-order valence-electron chi connectivity index (χ2n) is 8.52. The van der Waals surface area contributed by atoms with Gasteiger partial charge in [-0.05, 0) is 48.7 Å². The van der Waals surface area contributed by atoms with Crippen molar-refractivity contribution in [3.8, 4) is 17.4 Å². The number of aromatic nitrogens is 4. The predicted octanol–water partition coefficient (Wildman–Crippen LogP) is 4.54. The monoisotopic (exact) mass is 469 g/mol. The fourth-order valence-corrected chi connectivity index (χ4v) is 4.37. The third-order valence-electron chi connectivity index (χ3n) is 6.27. The number of rotatable bonds is 7. The molecule has 1 saturated heterocycles. The highest BCUT2D eigenvalue weighted by molar-refractivity contribution is 5.95. The van der Waals surface area contributed by atoms with Gasteiger partial charge in [0, 0.05) is 49.7 Å². The highest BCUT2D eigenvalue weighted by atomic mass is 16.5. The predicted molar refractivity (Wildman–Crippen MR) is 131 cm³/mol. The Morgan fingerprint density at radius 1 is 1.00 bits per heavy atom. The van der Waals surface area contributed by atoms with Gasteiger partial charge in [0.05, 0.1) is 25.3 Å². The molecule has 1 aliphatic rings. The van der Waals surface area contributed by atoms with Crippen molar-refractivity contribution in [1.82, 2.24) is 24.4 Å². The molecule has 0 radical (unpaired) electrons. The van der Waals surface area contributed by atoms with Gasteiger partial charge in [-0.1, -0.05) is 18.2 Å². The van der Waals surface area contributed by atoms with Crippen LogP contribution < -0.4 is 9.47 Å². The summed E-state index contributed by atoms with van der Waals surface area (Å²) in [7, 11) is 1.63. The Hall–Kier alpha value is -4.20. The Kier molecular flexibility index (Phi) is 6.70. The molecule has 0 N–H and O–H groups in total. The van der Waals surface area contributed by atoms with Crippen LogP contribution in [0, 0.1) is 0 Å². The number of amides is 1. The molecule has 0 spiro atoms. The first-order valence-electron chi connectivity index (χ1n) is 11.7. The van der Waals surface area contributed by atoms with Crippen LogP contribution in [0.4, 0.5) is 0 Å². The molecule has 0 bridgehead atoms. The van der Waals surface area contributed by atoms with Crippen LogP contribution >= 0.6 is 0 Å². The molecular formula is C27H27N5O3. The van der Waals surface area contributed by atoms with E-state index in [0.29, 0.717) is 31.3 Å². The van der Waals surface area contributed by atoms with Crippen LogP contribution in [0.2, 0.25) is 0 Å². The van der Waals surface area contributed by atoms with Crippen molar-refractivity contribution in [3.63, 3.8) is 0 Å². The maximum Gasteiger partial charge on any atom is 0.254 e. The van der Waals surface area contributed by atoms with Crippen molar-refractivity contribution in [2.24, 2.45) is 0 Å². The zero-order chi connectivity index (χ0) is 24.0. The molecule has 2 aromatic carbocycles. The summed E-state index contributed by atoms with van der Waals surface area (Å²) in [6, 6.07) is 15.1. The topological polar surface area (TPSA) is 82.4 Å². The van der Waals surface area contributed by atoms with E-state index in [2.05, 4.69) is 9.97 Å². The van der Waals surface area contributed by atoms with Crippen molar-refractivity contribution in [2.75, 3.05) is 20.2 Å². The van der Waals surface area contributed by atoms with E-state index in [0.717, 1.165) is 35.4 Å². The second kappa shape index (κ2) is 10.4. The summed E-state index contributed by atoms with van der Waals surface area (Å²) < 4.78 is 13.0. The molecule has 0 saturated carbocycles. The van der Waals surface area contributed by atoms with E-state index in [1.54, 1.807) is 32.0 Å². The summed E-state index contributed by atoms with van der Waals surface area (Å²) in [6.07, 6.45) is 10.5. The summed E-state index contributed by atoms with van der Waals surface area (Å²) in [5.41, 5.74) is 2.63. The molecule has 2 aromatic heterocycles. The normalized spacial score (nSPS) is 14.0. The van der Waals surface area contributed by atoms with Gasteiger partial charge in [-0.25, -0.2) is 9.97 Å². The van der Waals surface area contributed by atoms with E-state index in [1.807, 2.05) is 64.2 Å². The van der Waals surface area contributed by atoms with Gasteiger partial charge < -0.3 is 18.9 Å². The van der Waals surface area contributed by atoms with E-state index in [1.165, 1.54) is 0 Å². The van der Waals surface area contributed by atoms with Crippen LogP contribution in [0.25, 0.3) is 0 Å². The first-order valence-corrected chi connectivity index (χ1v) is 11.7. The third kappa shape index (κ3) is 5.32. The van der Waals surface area contributed by atoms with Gasteiger partial charge in [0.1, 0.15) is 11.5 Å². The number of hydrogen-bond acceptors (Lipinski definition) is 6. The summed E-state index contributed by atoms with van der Waals surface area (Å²) >= 11 is 0. The molecule has 8 nitrogen and oxygen atoms in total. The fourth-order valence-electron chi connectivity index (χ4n) is 4.37. The van der Waals surface area contributed by atoms with E-state index in [-0.39, 0.29) is 11.8 Å². The molecule has 4 aromatic rings. The van der Waals surface area contributed by atoms with Crippen molar-refractivity contribution >= 4 is 5.91 Å². The number of hydrogen-bond donors (Lipinski definition) is 0. The molecule has 3 heterocycles. The minimum atomic E-state index is 0.0711. The second-order valence-corrected chi connectivity index (χ2v) is 8.52. The molecule has 0 atom stereocenters. The van der Waals surface area contributed by atoms with E-state index < -0.39 is 0 Å². The quantitative estimate of drug-likeness (QED) is 0.395. The number of piperidine rings is 1. The molecule has 1 fully saturated rings. The van der Waals surface area contributed by atoms with E-state index in [9.17, 15) is 4.79 Å². The maximum absolute atomic E-state index is 13.3. The summed E-state index contributed by atoms with van der Waals surface area (Å²) in [5, 5.41) is 0. The van der Waals surface area contributed by atoms with Crippen LogP contribution in [0.1, 0.15) is 40.4 Å². The molecule has 0 aliphatic carbocycles. The lowest BCUT2D eigenvalue weighted by Gasteiger charge is -2.32. The third-order valence-corrected chi connectivity index (χ3v) is 6.27. The maximum atomic E-state index is 13.3. The number of likely N-dealkylation sites (tertiary alicyclic amines) is 1. The van der Waals surface area contributed by atoms with Gasteiger partial charge in [0.25, 0.3) is 5.91 Å². The Balaban J connectivity index is 1.22. The zero-order valence-corrected chi connectivity index (χ0v) is 19.6. The Morgan fingerprint density at radius 2 is 1.77 bits per heavy atom. The molecule has 178 valence electrons. The van der Waals surface area contributed by atoms with Crippen LogP contribution in [-0.4, -0.2) is 50.5 Å². The summed E-state index contributed by atoms with van der Waals surface area (Å²) in [4.78, 5) is 28.4. The molecule has 35 heavy (non-hydrogen) atoms. The summed E-state index contributed by atoms with van der Waals surface area (Å²) in [5.74, 6) is 2.20. The zero-order valence-electron chi connectivity index (χ0n) is 19.6. The van der Waals surface area contributed by atoms with Gasteiger partial charge in [0.15, 0.2) is 0 Å². The van der Waals surface area contributed by atoms with Crippen molar-refractivity contribution in [2.45, 2.75) is 25.3 Å². The SMILES string of the molecule is COc1ccc(Oc2cncc(C3CCN(C(=O)c4ccccc4Cn4ccnc4)CC3)n2)cc1. The largest absolute Gasteiger partial charge is 0.497 e. The lowest BCUT2D eigenvalue weighted by atomic mass is 9.93. The average molecular weight is 470 g/mol. The number of nitrogens with zero attached hydrogens (tertiary/aromatic N) is 5. The molecule has 5 rings (SSSR count). The number of carbonyl (C=O) groups is 1. The smallest absolute Gasteiger partial charge is 0.254 e. The van der Waals surface area contributed by atoms with Gasteiger partial charge in [-0.2, -0.15) is 0 Å². The standard InChI is InChI=1S/C27H27N5O3/c1-34-22-6-8-23(9-7-22)35-26-17-29-16-25(30-26)20-10-13-32(14-11-20)27(33)24-5-3-2-4-21(24)18-31-15-12-28-19-31/h2-9,12,15-17,19-20H,10-11,13-14,18H2,1H3. The summed E-state index contributed by atoms with van der Waals surface area (Å²) in [6.45, 7) is 1.97. The van der Waals surface area contributed by atoms with Crippen LogP contribution in [-0.2, 0) is 6.54 Å². The number of benzene rings is 2. The number of carbonyl (C=O) groups excluding carboxylic acids is 1. The van der Waals surface area contributed by atoms with Gasteiger partial charge in [-0.3, -0.25) is 9.78 Å². The van der Waals surface area contributed by atoms with Crippen LogP contribution in [0.15, 0.2) is 79.6 Å². The van der Waals surface area contributed by atoms with Crippen LogP contribution in [0.5, 0.6) is 17.4 Å². The Labute approximate surface area is 204 Å². The minimum absolute atomic E-state index is 0.0711. The highest BCUT2D eigenvalue weighted by Gasteiger charge is 2.27. The van der Waals surface area contributed by atoms with Gasteiger partial charge >= 0.3 is 0 Å². The van der Waals surface area contributed by atoms with Crippen molar-refractivity contribution < 1.29 is 14.3 Å². The van der Waals surface area contributed by atoms with Crippen LogP contribution in [0.3, 0.4) is 0 Å². The minimum Gasteiger partial charge on any atom is -0.497 e. The van der Waals surface area contributed by atoms with Gasteiger partial charge in [-0.15, -0.1) is 0 Å². The molecule has 8 heteroatoms. The lowest BCUT2D eigenvalue weighted by molar-refractivity contribution is 0.0710. The van der Waals surface area contributed by atoms with E-state index in [4.69, 9.17) is 14.5 Å². The number of ether oxygens (including phenoxy) is 2. The average Bonchev–Trinajstić information content (AvgIpc) is 3.42.